The van der Waals surface area contributed by atoms with Gasteiger partial charge in [-0.1, -0.05) is 30.3 Å². The molecule has 8 nitrogen and oxygen atoms in total. The summed E-state index contributed by atoms with van der Waals surface area (Å²) in [5, 5.41) is 8.10. The van der Waals surface area contributed by atoms with Crippen LogP contribution in [0.5, 0.6) is 5.75 Å². The van der Waals surface area contributed by atoms with E-state index in [2.05, 4.69) is 16.0 Å². The van der Waals surface area contributed by atoms with Crippen molar-refractivity contribution in [3.05, 3.63) is 65.2 Å². The zero-order valence-corrected chi connectivity index (χ0v) is 19.0. The van der Waals surface area contributed by atoms with Gasteiger partial charge in [-0.25, -0.2) is 13.6 Å². The molecule has 1 saturated carbocycles. The summed E-state index contributed by atoms with van der Waals surface area (Å²) < 4.78 is 34.3. The molecule has 3 fully saturated rings. The van der Waals surface area contributed by atoms with E-state index < -0.39 is 23.2 Å². The van der Waals surface area contributed by atoms with Crippen LogP contribution in [0.15, 0.2) is 42.5 Å². The zero-order valence-electron chi connectivity index (χ0n) is 19.0. The van der Waals surface area contributed by atoms with Gasteiger partial charge >= 0.3 is 6.03 Å². The number of imide groups is 1. The molecule has 0 radical (unpaired) electrons. The Morgan fingerprint density at radius 1 is 1.14 bits per heavy atom. The van der Waals surface area contributed by atoms with Gasteiger partial charge in [0, 0.05) is 36.7 Å². The monoisotopic (exact) mass is 484 g/mol. The van der Waals surface area contributed by atoms with E-state index in [1.165, 1.54) is 6.07 Å². The molecule has 0 bridgehead atoms. The molecule has 4 amide bonds. The molecule has 2 heterocycles. The van der Waals surface area contributed by atoms with Gasteiger partial charge in [-0.05, 0) is 30.9 Å². The average molecular weight is 485 g/mol. The second-order valence-corrected chi connectivity index (χ2v) is 9.28. The van der Waals surface area contributed by atoms with Gasteiger partial charge in [0.15, 0.2) is 11.6 Å². The van der Waals surface area contributed by atoms with Crippen molar-refractivity contribution >= 4 is 17.8 Å². The molecule has 1 aliphatic carbocycles. The summed E-state index contributed by atoms with van der Waals surface area (Å²) in [7, 11) is 0. The maximum absolute atomic E-state index is 14.6. The molecule has 3 N–H and O–H groups in total. The Kier molecular flexibility index (Phi) is 6.14. The van der Waals surface area contributed by atoms with Crippen LogP contribution in [0.25, 0.3) is 0 Å². The number of carbonyl (C=O) groups is 3. The van der Waals surface area contributed by atoms with Crippen LogP contribution in [0.1, 0.15) is 36.3 Å². The van der Waals surface area contributed by atoms with Gasteiger partial charge in [-0.3, -0.25) is 14.9 Å². The molecular weight excluding hydrogens is 458 g/mol. The van der Waals surface area contributed by atoms with Crippen molar-refractivity contribution in [3.8, 4) is 5.75 Å². The predicted octanol–water partition coefficient (Wildman–Crippen LogP) is 2.19. The van der Waals surface area contributed by atoms with E-state index >= 15 is 0 Å². The number of urea groups is 1. The number of piperidine rings is 1. The molecule has 5 rings (SSSR count). The van der Waals surface area contributed by atoms with Crippen LogP contribution in [0.2, 0.25) is 0 Å². The van der Waals surface area contributed by atoms with Crippen LogP contribution in [0.4, 0.5) is 13.6 Å². The SMILES string of the molecule is O=C1NC(=O)C2(CCN(C(=O)CNC3CC3c3cc(F)cc(F)c3OCc3ccccc3)CC2)N1. The largest absolute Gasteiger partial charge is 0.486 e. The van der Waals surface area contributed by atoms with Gasteiger partial charge in [0.25, 0.3) is 5.91 Å². The number of hydrogen-bond donors (Lipinski definition) is 3. The molecular formula is C25H26F2N4O4. The summed E-state index contributed by atoms with van der Waals surface area (Å²) in [6, 6.07) is 10.8. The smallest absolute Gasteiger partial charge is 0.322 e. The summed E-state index contributed by atoms with van der Waals surface area (Å²) in [5.74, 6) is -2.02. The molecule has 184 valence electrons. The van der Waals surface area contributed by atoms with Gasteiger partial charge in [-0.2, -0.15) is 0 Å². The van der Waals surface area contributed by atoms with Gasteiger partial charge in [0.1, 0.15) is 18.0 Å². The topological polar surface area (TPSA) is 99.8 Å². The maximum atomic E-state index is 14.6. The Labute approximate surface area is 201 Å². The highest BCUT2D eigenvalue weighted by Gasteiger charge is 2.48. The molecule has 2 aromatic rings. The van der Waals surface area contributed by atoms with E-state index in [9.17, 15) is 23.2 Å². The molecule has 2 saturated heterocycles. The quantitative estimate of drug-likeness (QED) is 0.524. The van der Waals surface area contributed by atoms with Crippen LogP contribution in [-0.4, -0.2) is 54.0 Å². The first-order valence-corrected chi connectivity index (χ1v) is 11.6. The summed E-state index contributed by atoms with van der Waals surface area (Å²) in [6.07, 6.45) is 1.34. The molecule has 0 aromatic heterocycles. The lowest BCUT2D eigenvalue weighted by atomic mass is 9.88. The van der Waals surface area contributed by atoms with Gasteiger partial charge in [0.05, 0.1) is 6.54 Å². The number of carbonyl (C=O) groups excluding carboxylic acids is 3. The van der Waals surface area contributed by atoms with Crippen LogP contribution < -0.4 is 20.7 Å². The van der Waals surface area contributed by atoms with Crippen LogP contribution in [0, 0.1) is 11.6 Å². The first kappa shape index (κ1) is 23.2. The summed E-state index contributed by atoms with van der Waals surface area (Å²) in [5.41, 5.74) is 0.392. The van der Waals surface area contributed by atoms with Crippen molar-refractivity contribution < 1.29 is 27.9 Å². The number of nitrogens with one attached hydrogen (secondary N) is 3. The normalized spacial score (nSPS) is 22.6. The number of amides is 4. The third-order valence-electron chi connectivity index (χ3n) is 6.95. The predicted molar refractivity (Wildman–Crippen MR) is 122 cm³/mol. The lowest BCUT2D eigenvalue weighted by Crippen LogP contribution is -2.56. The fourth-order valence-corrected chi connectivity index (χ4v) is 4.85. The summed E-state index contributed by atoms with van der Waals surface area (Å²) in [6.45, 7) is 0.948. The fraction of sp³-hybridized carbons (Fsp3) is 0.400. The second kappa shape index (κ2) is 9.26. The Balaban J connectivity index is 1.16. The van der Waals surface area contributed by atoms with E-state index in [0.717, 1.165) is 11.6 Å². The number of rotatable bonds is 7. The number of halogens is 2. The summed E-state index contributed by atoms with van der Waals surface area (Å²) >= 11 is 0. The van der Waals surface area contributed by atoms with Crippen LogP contribution >= 0.6 is 0 Å². The molecule has 2 aromatic carbocycles. The number of benzene rings is 2. The van der Waals surface area contributed by atoms with Gasteiger partial charge in [0.2, 0.25) is 5.91 Å². The van der Waals surface area contributed by atoms with E-state index in [-0.39, 0.29) is 42.7 Å². The molecule has 2 atom stereocenters. The minimum Gasteiger partial charge on any atom is -0.486 e. The first-order chi connectivity index (χ1) is 16.8. The molecule has 3 aliphatic rings. The highest BCUT2D eigenvalue weighted by atomic mass is 19.1. The Hall–Kier alpha value is -3.53. The third-order valence-corrected chi connectivity index (χ3v) is 6.95. The highest BCUT2D eigenvalue weighted by molar-refractivity contribution is 6.07. The maximum Gasteiger partial charge on any atom is 0.322 e. The minimum atomic E-state index is -0.930. The van der Waals surface area contributed by atoms with Crippen molar-refractivity contribution in [3.63, 3.8) is 0 Å². The molecule has 10 heteroatoms. The number of hydrogen-bond acceptors (Lipinski definition) is 5. The lowest BCUT2D eigenvalue weighted by molar-refractivity contribution is -0.135. The van der Waals surface area contributed by atoms with Crippen molar-refractivity contribution in [1.29, 1.82) is 0 Å². The average Bonchev–Trinajstić information content (AvgIpc) is 3.56. The number of nitrogens with zero attached hydrogens (tertiary/aromatic N) is 1. The van der Waals surface area contributed by atoms with E-state index in [4.69, 9.17) is 4.74 Å². The molecule has 1 spiro atoms. The van der Waals surface area contributed by atoms with E-state index in [0.29, 0.717) is 37.9 Å². The first-order valence-electron chi connectivity index (χ1n) is 11.6. The fourth-order valence-electron chi connectivity index (χ4n) is 4.85. The lowest BCUT2D eigenvalue weighted by Gasteiger charge is -2.37. The minimum absolute atomic E-state index is 0.0362. The molecule has 2 unspecified atom stereocenters. The Morgan fingerprint density at radius 2 is 1.89 bits per heavy atom. The van der Waals surface area contributed by atoms with Gasteiger partial charge in [-0.15, -0.1) is 0 Å². The second-order valence-electron chi connectivity index (χ2n) is 9.28. The van der Waals surface area contributed by atoms with Crippen LogP contribution in [-0.2, 0) is 16.2 Å². The number of likely N-dealkylation sites (tertiary alicyclic amines) is 1. The molecule has 35 heavy (non-hydrogen) atoms. The van der Waals surface area contributed by atoms with Gasteiger partial charge < -0.3 is 20.3 Å². The third kappa shape index (κ3) is 4.84. The Bertz CT molecular complexity index is 1150. The zero-order chi connectivity index (χ0) is 24.6. The van der Waals surface area contributed by atoms with Crippen molar-refractivity contribution in [2.24, 2.45) is 0 Å². The van der Waals surface area contributed by atoms with Crippen LogP contribution in [0.3, 0.4) is 0 Å². The molecule has 2 aliphatic heterocycles. The van der Waals surface area contributed by atoms with Crippen molar-refractivity contribution in [1.82, 2.24) is 20.9 Å². The standard InChI is InChI=1S/C25H26F2N4O4/c26-16-10-18(22(19(27)11-16)35-14-15-4-2-1-3-5-15)17-12-20(17)28-13-21(32)31-8-6-25(7-9-31)23(33)29-24(34)30-25/h1-5,10-11,17,20,28H,6-9,12-14H2,(H2,29,30,33,34). The number of ether oxygens (including phenoxy) is 1. The Morgan fingerprint density at radius 3 is 2.57 bits per heavy atom. The van der Waals surface area contributed by atoms with Crippen molar-refractivity contribution in [2.75, 3.05) is 19.6 Å². The van der Waals surface area contributed by atoms with E-state index in [1.54, 1.807) is 4.90 Å². The van der Waals surface area contributed by atoms with E-state index in [1.807, 2.05) is 30.3 Å². The summed E-state index contributed by atoms with van der Waals surface area (Å²) in [4.78, 5) is 37.9. The highest BCUT2D eigenvalue weighted by Crippen LogP contribution is 2.46. The van der Waals surface area contributed by atoms with Crippen molar-refractivity contribution in [2.45, 2.75) is 43.4 Å².